The maximum atomic E-state index is 13.2. The van der Waals surface area contributed by atoms with E-state index >= 15 is 0 Å². The van der Waals surface area contributed by atoms with Crippen molar-refractivity contribution in [1.29, 1.82) is 0 Å². The Kier molecular flexibility index (Phi) is 5.57. The van der Waals surface area contributed by atoms with Crippen molar-refractivity contribution in [2.45, 2.75) is 20.4 Å². The largest absolute Gasteiger partial charge is 0.489 e. The van der Waals surface area contributed by atoms with E-state index in [0.29, 0.717) is 18.9 Å². The Balaban J connectivity index is 2.65. The molecule has 0 saturated heterocycles. The highest BCUT2D eigenvalue weighted by atomic mass is 19.1. The second-order valence-corrected chi connectivity index (χ2v) is 3.46. The monoisotopic (exact) mass is 223 g/mol. The van der Waals surface area contributed by atoms with Crippen LogP contribution < -0.4 is 10.1 Å². The topological polar surface area (TPSA) is 21.3 Å². The maximum Gasteiger partial charge on any atom is 0.127 e. The first kappa shape index (κ1) is 12.7. The summed E-state index contributed by atoms with van der Waals surface area (Å²) in [5.74, 6) is 0.317. The fraction of sp³-hybridized carbons (Fsp3) is 0.385. The maximum absolute atomic E-state index is 13.2. The first-order valence-electron chi connectivity index (χ1n) is 5.50. The van der Waals surface area contributed by atoms with Gasteiger partial charge < -0.3 is 10.1 Å². The van der Waals surface area contributed by atoms with E-state index in [0.717, 1.165) is 12.1 Å². The summed E-state index contributed by atoms with van der Waals surface area (Å²) in [6.45, 7) is 5.94. The zero-order chi connectivity index (χ0) is 11.8. The molecule has 1 aromatic rings. The third-order valence-corrected chi connectivity index (χ3v) is 2.09. The van der Waals surface area contributed by atoms with Crippen LogP contribution in [-0.2, 0) is 6.54 Å². The van der Waals surface area contributed by atoms with E-state index in [1.54, 1.807) is 0 Å². The van der Waals surface area contributed by atoms with Crippen molar-refractivity contribution in [2.24, 2.45) is 0 Å². The normalized spacial score (nSPS) is 10.9. The molecule has 16 heavy (non-hydrogen) atoms. The van der Waals surface area contributed by atoms with Gasteiger partial charge in [0.1, 0.15) is 18.2 Å². The van der Waals surface area contributed by atoms with Gasteiger partial charge in [-0.2, -0.15) is 0 Å². The number of allylic oxidation sites excluding steroid dienone is 1. The summed E-state index contributed by atoms with van der Waals surface area (Å²) in [5, 5.41) is 3.15. The molecule has 0 atom stereocenters. The highest BCUT2D eigenvalue weighted by Gasteiger charge is 2.01. The lowest BCUT2D eigenvalue weighted by atomic mass is 10.2. The molecule has 0 saturated carbocycles. The lowest BCUT2D eigenvalue weighted by Crippen LogP contribution is -2.12. The summed E-state index contributed by atoms with van der Waals surface area (Å²) in [4.78, 5) is 0. The SMILES string of the molecule is C/C=C/COc1cc(F)cc(CNCC)c1. The van der Waals surface area contributed by atoms with E-state index in [4.69, 9.17) is 4.74 Å². The summed E-state index contributed by atoms with van der Waals surface area (Å²) >= 11 is 0. The van der Waals surface area contributed by atoms with Gasteiger partial charge in [0.2, 0.25) is 0 Å². The van der Waals surface area contributed by atoms with Gasteiger partial charge in [-0.15, -0.1) is 0 Å². The predicted molar refractivity (Wildman–Crippen MR) is 64.1 cm³/mol. The van der Waals surface area contributed by atoms with Crippen molar-refractivity contribution >= 4 is 0 Å². The van der Waals surface area contributed by atoms with E-state index < -0.39 is 0 Å². The highest BCUT2D eigenvalue weighted by Crippen LogP contribution is 2.16. The molecule has 0 amide bonds. The lowest BCUT2D eigenvalue weighted by molar-refractivity contribution is 0.359. The Morgan fingerprint density at radius 2 is 2.19 bits per heavy atom. The third-order valence-electron chi connectivity index (χ3n) is 2.09. The van der Waals surface area contributed by atoms with Gasteiger partial charge in [-0.05, 0) is 31.2 Å². The lowest BCUT2D eigenvalue weighted by Gasteiger charge is -2.07. The first-order chi connectivity index (χ1) is 7.76. The van der Waals surface area contributed by atoms with Crippen LogP contribution in [0.5, 0.6) is 5.75 Å². The number of hydrogen-bond donors (Lipinski definition) is 1. The Bertz CT molecular complexity index is 350. The predicted octanol–water partition coefficient (Wildman–Crippen LogP) is 2.89. The van der Waals surface area contributed by atoms with Crippen LogP contribution >= 0.6 is 0 Å². The van der Waals surface area contributed by atoms with Crippen LogP contribution in [0.4, 0.5) is 4.39 Å². The summed E-state index contributed by atoms with van der Waals surface area (Å²) in [7, 11) is 0. The van der Waals surface area contributed by atoms with Crippen LogP contribution in [0.25, 0.3) is 0 Å². The van der Waals surface area contributed by atoms with E-state index in [2.05, 4.69) is 5.32 Å². The molecule has 0 bridgehead atoms. The molecule has 0 fully saturated rings. The van der Waals surface area contributed by atoms with Crippen LogP contribution in [-0.4, -0.2) is 13.2 Å². The molecule has 0 aliphatic carbocycles. The summed E-state index contributed by atoms with van der Waals surface area (Å²) in [5.41, 5.74) is 0.900. The van der Waals surface area contributed by atoms with Gasteiger partial charge in [-0.1, -0.05) is 19.1 Å². The molecule has 0 aliphatic rings. The number of nitrogens with one attached hydrogen (secondary N) is 1. The minimum absolute atomic E-state index is 0.258. The van der Waals surface area contributed by atoms with Crippen molar-refractivity contribution in [3.63, 3.8) is 0 Å². The second kappa shape index (κ2) is 7.01. The van der Waals surface area contributed by atoms with Gasteiger partial charge >= 0.3 is 0 Å². The molecule has 1 N–H and O–H groups in total. The second-order valence-electron chi connectivity index (χ2n) is 3.46. The average Bonchev–Trinajstić information content (AvgIpc) is 2.26. The molecule has 0 aromatic heterocycles. The van der Waals surface area contributed by atoms with Crippen LogP contribution in [0.2, 0.25) is 0 Å². The molecule has 0 spiro atoms. The first-order valence-corrected chi connectivity index (χ1v) is 5.50. The Morgan fingerprint density at radius 3 is 2.88 bits per heavy atom. The zero-order valence-electron chi connectivity index (χ0n) is 9.79. The van der Waals surface area contributed by atoms with Crippen LogP contribution in [0.15, 0.2) is 30.4 Å². The Hall–Kier alpha value is -1.35. The molecule has 1 rings (SSSR count). The Morgan fingerprint density at radius 1 is 1.38 bits per heavy atom. The van der Waals surface area contributed by atoms with Crippen LogP contribution in [0, 0.1) is 5.82 Å². The van der Waals surface area contributed by atoms with Crippen molar-refractivity contribution in [1.82, 2.24) is 5.32 Å². The standard InChI is InChI=1S/C13H18FNO/c1-3-5-6-16-13-8-11(10-15-4-2)7-12(14)9-13/h3,5,7-9,15H,4,6,10H2,1-2H3/b5-3+. The number of benzene rings is 1. The van der Waals surface area contributed by atoms with E-state index in [1.165, 1.54) is 12.1 Å². The third kappa shape index (κ3) is 4.45. The molecular formula is C13H18FNO. The molecule has 0 heterocycles. The van der Waals surface area contributed by atoms with Crippen LogP contribution in [0.3, 0.4) is 0 Å². The van der Waals surface area contributed by atoms with Gasteiger partial charge in [-0.25, -0.2) is 4.39 Å². The molecule has 1 aromatic carbocycles. The fourth-order valence-corrected chi connectivity index (χ4v) is 1.32. The van der Waals surface area contributed by atoms with Gasteiger partial charge in [-0.3, -0.25) is 0 Å². The zero-order valence-corrected chi connectivity index (χ0v) is 9.79. The Labute approximate surface area is 96.1 Å². The summed E-state index contributed by atoms with van der Waals surface area (Å²) in [6.07, 6.45) is 3.79. The molecule has 0 aliphatic heterocycles. The van der Waals surface area contributed by atoms with Crippen molar-refractivity contribution in [3.05, 3.63) is 41.7 Å². The number of halogens is 1. The van der Waals surface area contributed by atoms with Gasteiger partial charge in [0.05, 0.1) is 0 Å². The minimum Gasteiger partial charge on any atom is -0.489 e. The van der Waals surface area contributed by atoms with E-state index in [9.17, 15) is 4.39 Å². The molecule has 0 unspecified atom stereocenters. The molecule has 88 valence electrons. The molecule has 2 nitrogen and oxygen atoms in total. The van der Waals surface area contributed by atoms with E-state index in [-0.39, 0.29) is 5.82 Å². The molecule has 3 heteroatoms. The fourth-order valence-electron chi connectivity index (χ4n) is 1.32. The number of rotatable bonds is 6. The van der Waals surface area contributed by atoms with Gasteiger partial charge in [0, 0.05) is 12.6 Å². The van der Waals surface area contributed by atoms with Crippen molar-refractivity contribution < 1.29 is 9.13 Å². The summed E-state index contributed by atoms with van der Waals surface area (Å²) in [6, 6.07) is 4.78. The molecule has 0 radical (unpaired) electrons. The van der Waals surface area contributed by atoms with Crippen LogP contribution in [0.1, 0.15) is 19.4 Å². The minimum atomic E-state index is -0.258. The van der Waals surface area contributed by atoms with Gasteiger partial charge in [0.15, 0.2) is 0 Å². The molecular weight excluding hydrogens is 205 g/mol. The van der Waals surface area contributed by atoms with Gasteiger partial charge in [0.25, 0.3) is 0 Å². The smallest absolute Gasteiger partial charge is 0.127 e. The average molecular weight is 223 g/mol. The van der Waals surface area contributed by atoms with Crippen molar-refractivity contribution in [2.75, 3.05) is 13.2 Å². The van der Waals surface area contributed by atoms with E-state index in [1.807, 2.05) is 32.1 Å². The number of ether oxygens (including phenoxy) is 1. The van der Waals surface area contributed by atoms with Crippen molar-refractivity contribution in [3.8, 4) is 5.75 Å². The quantitative estimate of drug-likeness (QED) is 0.749. The number of hydrogen-bond acceptors (Lipinski definition) is 2. The summed E-state index contributed by atoms with van der Waals surface area (Å²) < 4.78 is 18.6. The highest BCUT2D eigenvalue weighted by molar-refractivity contribution is 5.29.